The molecular formula is C8H4Na2O5. The Balaban J connectivity index is 0. The third-order valence-corrected chi connectivity index (χ3v) is 1.39. The number of carbonyl (C=O) groups excluding carboxylic acids is 1. The molecule has 0 atom stereocenters. The Morgan fingerprint density at radius 2 is 1.53 bits per heavy atom. The molecule has 1 rings (SSSR count). The van der Waals surface area contributed by atoms with Crippen LogP contribution in [0.2, 0.25) is 0 Å². The van der Waals surface area contributed by atoms with Crippen LogP contribution in [0.25, 0.3) is 0 Å². The van der Waals surface area contributed by atoms with E-state index in [0.29, 0.717) is 0 Å². The van der Waals surface area contributed by atoms with Crippen molar-refractivity contribution < 1.29 is 84.0 Å². The molecule has 0 aliphatic carbocycles. The number of carbonyl (C=O) groups is 2. The molecule has 1 aromatic rings. The van der Waals surface area contributed by atoms with Crippen LogP contribution in [0.1, 0.15) is 20.7 Å². The first-order chi connectivity index (χ1) is 6.00. The second kappa shape index (κ2) is 7.27. The van der Waals surface area contributed by atoms with E-state index in [1.165, 1.54) is 0 Å². The predicted octanol–water partition coefficient (Wildman–Crippen LogP) is -7.17. The van der Waals surface area contributed by atoms with Crippen LogP contribution in [-0.4, -0.2) is 17.0 Å². The Labute approximate surface area is 130 Å². The van der Waals surface area contributed by atoms with E-state index >= 15 is 0 Å². The Bertz CT molecular complexity index is 345. The van der Waals surface area contributed by atoms with E-state index in [-0.39, 0.29) is 64.7 Å². The Hall–Kier alpha value is -0.0400. The van der Waals surface area contributed by atoms with Crippen molar-refractivity contribution in [3.05, 3.63) is 29.3 Å². The van der Waals surface area contributed by atoms with Crippen molar-refractivity contribution in [1.82, 2.24) is 0 Å². The van der Waals surface area contributed by atoms with Gasteiger partial charge in [-0.3, -0.25) is 0 Å². The molecule has 0 heterocycles. The molecule has 1 N–H and O–H groups in total. The SMILES string of the molecule is O=C([O-])c1cc([O-])cc(C(=O)O)c1.[Na+].[Na+]. The van der Waals surface area contributed by atoms with Crippen molar-refractivity contribution in [2.45, 2.75) is 0 Å². The van der Waals surface area contributed by atoms with E-state index in [4.69, 9.17) is 5.11 Å². The van der Waals surface area contributed by atoms with E-state index in [2.05, 4.69) is 0 Å². The molecular weight excluding hydrogens is 222 g/mol. The third-order valence-electron chi connectivity index (χ3n) is 1.39. The van der Waals surface area contributed by atoms with Crippen molar-refractivity contribution in [3.63, 3.8) is 0 Å². The second-order valence-corrected chi connectivity index (χ2v) is 2.34. The fourth-order valence-electron chi connectivity index (χ4n) is 0.840. The quantitative estimate of drug-likeness (QED) is 0.505. The first-order valence-electron chi connectivity index (χ1n) is 3.27. The van der Waals surface area contributed by atoms with Crippen LogP contribution in [0.15, 0.2) is 18.2 Å². The summed E-state index contributed by atoms with van der Waals surface area (Å²) in [6.07, 6.45) is 0. The van der Waals surface area contributed by atoms with Gasteiger partial charge in [-0.1, -0.05) is 12.1 Å². The van der Waals surface area contributed by atoms with Crippen LogP contribution in [-0.2, 0) is 0 Å². The molecule has 0 saturated heterocycles. The fourth-order valence-corrected chi connectivity index (χ4v) is 0.840. The molecule has 5 nitrogen and oxygen atoms in total. The van der Waals surface area contributed by atoms with Crippen molar-refractivity contribution in [2.24, 2.45) is 0 Å². The van der Waals surface area contributed by atoms with Crippen molar-refractivity contribution in [1.29, 1.82) is 0 Å². The first-order valence-corrected chi connectivity index (χ1v) is 3.27. The Morgan fingerprint density at radius 3 is 1.93 bits per heavy atom. The van der Waals surface area contributed by atoms with Crippen molar-refractivity contribution in [2.75, 3.05) is 0 Å². The van der Waals surface area contributed by atoms with Crippen LogP contribution in [0.4, 0.5) is 0 Å². The van der Waals surface area contributed by atoms with Crippen LogP contribution in [0.3, 0.4) is 0 Å². The summed E-state index contributed by atoms with van der Waals surface area (Å²) in [6, 6.07) is 2.52. The summed E-state index contributed by atoms with van der Waals surface area (Å²) >= 11 is 0. The van der Waals surface area contributed by atoms with Gasteiger partial charge in [0.1, 0.15) is 0 Å². The van der Waals surface area contributed by atoms with Crippen LogP contribution in [0.5, 0.6) is 5.75 Å². The van der Waals surface area contributed by atoms with Gasteiger partial charge in [0.25, 0.3) is 0 Å². The zero-order valence-electron chi connectivity index (χ0n) is 8.31. The summed E-state index contributed by atoms with van der Waals surface area (Å²) in [5.41, 5.74) is -0.781. The number of rotatable bonds is 2. The summed E-state index contributed by atoms with van der Waals surface area (Å²) in [4.78, 5) is 20.7. The summed E-state index contributed by atoms with van der Waals surface area (Å²) in [5.74, 6) is -3.58. The molecule has 15 heavy (non-hydrogen) atoms. The maximum Gasteiger partial charge on any atom is 1.00 e. The number of hydrogen-bond acceptors (Lipinski definition) is 4. The Morgan fingerprint density at radius 1 is 1.07 bits per heavy atom. The van der Waals surface area contributed by atoms with Crippen molar-refractivity contribution >= 4 is 11.9 Å². The molecule has 0 aromatic heterocycles. The standard InChI is InChI=1S/C8H6O5.2Na/c9-6-2-4(7(10)11)1-5(3-6)8(12)13;;/h1-3,9H,(H,10,11)(H,12,13);;/q;2*+1/p-2. The molecule has 0 spiro atoms. The van der Waals surface area contributed by atoms with Gasteiger partial charge in [0.05, 0.1) is 11.5 Å². The van der Waals surface area contributed by atoms with E-state index in [9.17, 15) is 19.8 Å². The fraction of sp³-hybridized carbons (Fsp3) is 0. The number of hydrogen-bond donors (Lipinski definition) is 1. The monoisotopic (exact) mass is 226 g/mol. The summed E-state index contributed by atoms with van der Waals surface area (Å²) in [6.45, 7) is 0. The minimum absolute atomic E-state index is 0. The van der Waals surface area contributed by atoms with Gasteiger partial charge in [-0.15, -0.1) is 5.75 Å². The maximum atomic E-state index is 10.8. The van der Waals surface area contributed by atoms with E-state index < -0.39 is 23.3 Å². The molecule has 0 radical (unpaired) electrons. The smallest absolute Gasteiger partial charge is 0.872 e. The molecule has 0 fully saturated rings. The van der Waals surface area contributed by atoms with Crippen molar-refractivity contribution in [3.8, 4) is 5.75 Å². The van der Waals surface area contributed by atoms with Gasteiger partial charge in [0, 0.05) is 0 Å². The summed E-state index contributed by atoms with van der Waals surface area (Å²) in [7, 11) is 0. The Kier molecular flexibility index (Phi) is 8.41. The molecule has 7 heteroatoms. The maximum absolute atomic E-state index is 10.8. The number of aromatic carboxylic acids is 2. The zero-order valence-corrected chi connectivity index (χ0v) is 12.3. The molecule has 1 aromatic carbocycles. The second-order valence-electron chi connectivity index (χ2n) is 2.34. The molecule has 0 unspecified atom stereocenters. The number of carboxylic acids is 2. The molecule has 0 bridgehead atoms. The van der Waals surface area contributed by atoms with Crippen LogP contribution >= 0.6 is 0 Å². The molecule has 0 aliphatic heterocycles. The average Bonchev–Trinajstić information content (AvgIpc) is 2.03. The number of carboxylic acid groups (broad SMARTS) is 2. The van der Waals surface area contributed by atoms with Gasteiger partial charge < -0.3 is 20.1 Å². The van der Waals surface area contributed by atoms with Gasteiger partial charge in [-0.2, -0.15) is 0 Å². The van der Waals surface area contributed by atoms with Gasteiger partial charge in [-0.25, -0.2) is 4.79 Å². The predicted molar refractivity (Wildman–Crippen MR) is 37.2 cm³/mol. The largest absolute Gasteiger partial charge is 1.00 e. The first kappa shape index (κ1) is 17.4. The molecule has 68 valence electrons. The average molecular weight is 226 g/mol. The van der Waals surface area contributed by atoms with Gasteiger partial charge >= 0.3 is 65.1 Å². The van der Waals surface area contributed by atoms with Crippen LogP contribution in [0, 0.1) is 0 Å². The van der Waals surface area contributed by atoms with E-state index in [1.807, 2.05) is 0 Å². The molecule has 0 aliphatic rings. The van der Waals surface area contributed by atoms with E-state index in [1.54, 1.807) is 0 Å². The topological polar surface area (TPSA) is 100 Å². The molecule has 0 saturated carbocycles. The van der Waals surface area contributed by atoms with E-state index in [0.717, 1.165) is 18.2 Å². The summed E-state index contributed by atoms with van der Waals surface area (Å²) < 4.78 is 0. The number of benzene rings is 1. The van der Waals surface area contributed by atoms with Gasteiger partial charge in [-0.05, 0) is 11.6 Å². The van der Waals surface area contributed by atoms with Crippen LogP contribution < -0.4 is 69.3 Å². The normalized spacial score (nSPS) is 8.27. The van der Waals surface area contributed by atoms with Gasteiger partial charge in [0.2, 0.25) is 0 Å². The third kappa shape index (κ3) is 5.01. The van der Waals surface area contributed by atoms with Gasteiger partial charge in [0.15, 0.2) is 0 Å². The minimum Gasteiger partial charge on any atom is -0.872 e. The molecule has 0 amide bonds. The summed E-state index contributed by atoms with van der Waals surface area (Å²) in [5, 5.41) is 29.5. The minimum atomic E-state index is -1.57. The zero-order chi connectivity index (χ0) is 10.0.